The van der Waals surface area contributed by atoms with Gasteiger partial charge in [-0.2, -0.15) is 0 Å². The first-order chi connectivity index (χ1) is 9.97. The van der Waals surface area contributed by atoms with Crippen molar-refractivity contribution in [2.75, 3.05) is 0 Å². The molecule has 0 fully saturated rings. The lowest BCUT2D eigenvalue weighted by Gasteiger charge is -2.15. The molecule has 110 valence electrons. The summed E-state index contributed by atoms with van der Waals surface area (Å²) in [5.74, 6) is 0. The van der Waals surface area contributed by atoms with Gasteiger partial charge in [-0.25, -0.2) is 0 Å². The van der Waals surface area contributed by atoms with Crippen molar-refractivity contribution in [1.29, 1.82) is 0 Å². The Bertz CT molecular complexity index is 662. The summed E-state index contributed by atoms with van der Waals surface area (Å²) in [4.78, 5) is 10.2. The number of rotatable bonds is 5. The summed E-state index contributed by atoms with van der Waals surface area (Å²) >= 11 is 12.0. The fourth-order valence-corrected chi connectivity index (χ4v) is 2.39. The monoisotopic (exact) mass is 324 g/mol. The second-order valence-electron chi connectivity index (χ2n) is 4.69. The van der Waals surface area contributed by atoms with E-state index in [0.717, 1.165) is 11.1 Å². The highest BCUT2D eigenvalue weighted by atomic mass is 35.5. The van der Waals surface area contributed by atoms with Gasteiger partial charge >= 0.3 is 0 Å². The number of nitro benzene ring substituents is 1. The number of hydrogen-bond donors (Lipinski definition) is 1. The van der Waals surface area contributed by atoms with Gasteiger partial charge in [0.05, 0.1) is 9.95 Å². The molecule has 0 heterocycles. The van der Waals surface area contributed by atoms with E-state index in [2.05, 4.69) is 5.32 Å². The number of nitro groups is 1. The van der Waals surface area contributed by atoms with Crippen LogP contribution >= 0.6 is 23.2 Å². The molecule has 0 aliphatic carbocycles. The Morgan fingerprint density at radius 3 is 2.62 bits per heavy atom. The summed E-state index contributed by atoms with van der Waals surface area (Å²) in [6.07, 6.45) is 0. The van der Waals surface area contributed by atoms with Crippen LogP contribution in [0.4, 0.5) is 5.69 Å². The van der Waals surface area contributed by atoms with Crippen LogP contribution in [0.2, 0.25) is 10.0 Å². The average molecular weight is 325 g/mol. The Morgan fingerprint density at radius 2 is 2.00 bits per heavy atom. The molecule has 6 heteroatoms. The van der Waals surface area contributed by atoms with Crippen LogP contribution in [0.5, 0.6) is 0 Å². The smallest absolute Gasteiger partial charge is 0.270 e. The van der Waals surface area contributed by atoms with E-state index in [1.807, 2.05) is 31.2 Å². The molecule has 4 nitrogen and oxygen atoms in total. The van der Waals surface area contributed by atoms with E-state index in [1.54, 1.807) is 6.07 Å². The number of nitrogens with zero attached hydrogens (tertiary/aromatic N) is 1. The summed E-state index contributed by atoms with van der Waals surface area (Å²) in [6.45, 7) is 2.54. The zero-order valence-electron chi connectivity index (χ0n) is 11.3. The Labute approximate surface area is 132 Å². The zero-order valence-corrected chi connectivity index (χ0v) is 12.9. The molecule has 0 aromatic heterocycles. The molecule has 1 unspecified atom stereocenters. The topological polar surface area (TPSA) is 55.2 Å². The standard InChI is InChI=1S/C15H14Cl2N2O2/c1-10(11-3-2-4-13(16)7-11)18-9-12-5-6-14(19(20)21)8-15(12)17/h2-8,10,18H,9H2,1H3. The Hall–Kier alpha value is -1.62. The van der Waals surface area contributed by atoms with Gasteiger partial charge in [-0.3, -0.25) is 10.1 Å². The van der Waals surface area contributed by atoms with Crippen LogP contribution in [0, 0.1) is 10.1 Å². The van der Waals surface area contributed by atoms with E-state index in [4.69, 9.17) is 23.2 Å². The van der Waals surface area contributed by atoms with Crippen LogP contribution in [0.15, 0.2) is 42.5 Å². The third-order valence-corrected chi connectivity index (χ3v) is 3.78. The molecule has 0 radical (unpaired) electrons. The maximum atomic E-state index is 10.7. The molecule has 1 N–H and O–H groups in total. The van der Waals surface area contributed by atoms with Crippen molar-refractivity contribution in [2.24, 2.45) is 0 Å². The van der Waals surface area contributed by atoms with Crippen LogP contribution in [0.3, 0.4) is 0 Å². The van der Waals surface area contributed by atoms with Crippen LogP contribution in [0.1, 0.15) is 24.1 Å². The van der Waals surface area contributed by atoms with Crippen molar-refractivity contribution in [3.8, 4) is 0 Å². The molecule has 0 saturated carbocycles. The van der Waals surface area contributed by atoms with Gasteiger partial charge in [0.15, 0.2) is 0 Å². The number of hydrogen-bond acceptors (Lipinski definition) is 3. The van der Waals surface area contributed by atoms with Crippen LogP contribution in [-0.4, -0.2) is 4.92 Å². The van der Waals surface area contributed by atoms with Crippen molar-refractivity contribution in [2.45, 2.75) is 19.5 Å². The Kier molecular flexibility index (Phi) is 5.17. The lowest BCUT2D eigenvalue weighted by Crippen LogP contribution is -2.18. The molecular formula is C15H14Cl2N2O2. The van der Waals surface area contributed by atoms with Gasteiger partial charge in [0.2, 0.25) is 0 Å². The zero-order chi connectivity index (χ0) is 15.4. The molecule has 21 heavy (non-hydrogen) atoms. The molecule has 0 spiro atoms. The highest BCUT2D eigenvalue weighted by Crippen LogP contribution is 2.23. The van der Waals surface area contributed by atoms with Crippen molar-refractivity contribution >= 4 is 28.9 Å². The number of nitrogens with one attached hydrogen (secondary N) is 1. The van der Waals surface area contributed by atoms with Crippen molar-refractivity contribution in [3.63, 3.8) is 0 Å². The maximum Gasteiger partial charge on any atom is 0.270 e. The fourth-order valence-electron chi connectivity index (χ4n) is 1.95. The minimum absolute atomic E-state index is 0.00774. The van der Waals surface area contributed by atoms with Gasteiger partial charge in [0.25, 0.3) is 5.69 Å². The molecule has 1 atom stereocenters. The van der Waals surface area contributed by atoms with E-state index in [1.165, 1.54) is 12.1 Å². The third-order valence-electron chi connectivity index (χ3n) is 3.19. The van der Waals surface area contributed by atoms with Gasteiger partial charge in [-0.1, -0.05) is 35.3 Å². The van der Waals surface area contributed by atoms with Gasteiger partial charge < -0.3 is 5.32 Å². The quantitative estimate of drug-likeness (QED) is 0.637. The SMILES string of the molecule is CC(NCc1ccc([N+](=O)[O-])cc1Cl)c1cccc(Cl)c1. The summed E-state index contributed by atoms with van der Waals surface area (Å²) in [7, 11) is 0. The van der Waals surface area contributed by atoms with E-state index in [9.17, 15) is 10.1 Å². The normalized spacial score (nSPS) is 12.1. The van der Waals surface area contributed by atoms with E-state index in [0.29, 0.717) is 16.6 Å². The molecule has 0 aliphatic heterocycles. The first kappa shape index (κ1) is 15.8. The van der Waals surface area contributed by atoms with Crippen molar-refractivity contribution < 1.29 is 4.92 Å². The van der Waals surface area contributed by atoms with E-state index < -0.39 is 4.92 Å². The molecular weight excluding hydrogens is 311 g/mol. The minimum Gasteiger partial charge on any atom is -0.306 e. The lowest BCUT2D eigenvalue weighted by molar-refractivity contribution is -0.384. The van der Waals surface area contributed by atoms with Crippen LogP contribution in [0.25, 0.3) is 0 Å². The Balaban J connectivity index is 2.04. The summed E-state index contributed by atoms with van der Waals surface area (Å²) < 4.78 is 0. The minimum atomic E-state index is -0.461. The highest BCUT2D eigenvalue weighted by Gasteiger charge is 2.11. The number of benzene rings is 2. The second kappa shape index (κ2) is 6.89. The van der Waals surface area contributed by atoms with Crippen LogP contribution < -0.4 is 5.32 Å². The van der Waals surface area contributed by atoms with E-state index in [-0.39, 0.29) is 11.7 Å². The largest absolute Gasteiger partial charge is 0.306 e. The van der Waals surface area contributed by atoms with Crippen LogP contribution in [-0.2, 0) is 6.54 Å². The van der Waals surface area contributed by atoms with Crippen molar-refractivity contribution in [3.05, 3.63) is 73.8 Å². The number of non-ortho nitro benzene ring substituents is 1. The highest BCUT2D eigenvalue weighted by molar-refractivity contribution is 6.31. The second-order valence-corrected chi connectivity index (χ2v) is 5.53. The number of halogens is 2. The summed E-state index contributed by atoms with van der Waals surface area (Å²) in [5.41, 5.74) is 1.88. The first-order valence-corrected chi connectivity index (χ1v) is 7.14. The Morgan fingerprint density at radius 1 is 1.24 bits per heavy atom. The molecule has 0 aliphatic rings. The third kappa shape index (κ3) is 4.17. The lowest BCUT2D eigenvalue weighted by atomic mass is 10.1. The van der Waals surface area contributed by atoms with Gasteiger partial charge in [0.1, 0.15) is 0 Å². The van der Waals surface area contributed by atoms with Gasteiger partial charge in [-0.15, -0.1) is 0 Å². The average Bonchev–Trinajstić information content (AvgIpc) is 2.45. The first-order valence-electron chi connectivity index (χ1n) is 6.39. The van der Waals surface area contributed by atoms with E-state index >= 15 is 0 Å². The molecule has 0 saturated heterocycles. The van der Waals surface area contributed by atoms with Gasteiger partial charge in [0, 0.05) is 29.7 Å². The fraction of sp³-hybridized carbons (Fsp3) is 0.200. The summed E-state index contributed by atoms with van der Waals surface area (Å²) in [5, 5.41) is 15.1. The maximum absolute atomic E-state index is 10.7. The molecule has 0 amide bonds. The molecule has 0 bridgehead atoms. The van der Waals surface area contributed by atoms with Gasteiger partial charge in [-0.05, 0) is 36.2 Å². The molecule has 2 rings (SSSR count). The summed E-state index contributed by atoms with van der Waals surface area (Å²) in [6, 6.07) is 12.2. The molecule has 2 aromatic rings. The predicted molar refractivity (Wildman–Crippen MR) is 84.8 cm³/mol. The van der Waals surface area contributed by atoms with Crippen molar-refractivity contribution in [1.82, 2.24) is 5.32 Å². The predicted octanol–water partition coefficient (Wildman–Crippen LogP) is 4.75. The molecule has 2 aromatic carbocycles.